The van der Waals surface area contributed by atoms with E-state index in [4.69, 9.17) is 0 Å². The number of aryl methyl sites for hydroxylation is 1. The van der Waals surface area contributed by atoms with E-state index in [2.05, 4.69) is 4.72 Å². The number of carboxylic acids is 1. The quantitative estimate of drug-likeness (QED) is 0.676. The first-order valence-electron chi connectivity index (χ1n) is 8.48. The van der Waals surface area contributed by atoms with Gasteiger partial charge in [0.1, 0.15) is 6.04 Å². The Kier molecular flexibility index (Phi) is 5.30. The number of fused-ring (bicyclic) bond motifs is 1. The normalized spacial score (nSPS) is 14.8. The van der Waals surface area contributed by atoms with Gasteiger partial charge in [-0.25, -0.2) is 8.42 Å². The van der Waals surface area contributed by atoms with Crippen LogP contribution in [0.4, 0.5) is 0 Å². The molecule has 2 amide bonds. The average Bonchev–Trinajstić information content (AvgIpc) is 2.90. The van der Waals surface area contributed by atoms with Gasteiger partial charge in [-0.1, -0.05) is 29.8 Å². The Morgan fingerprint density at radius 2 is 1.57 bits per heavy atom. The third-order valence-corrected chi connectivity index (χ3v) is 5.93. The summed E-state index contributed by atoms with van der Waals surface area (Å²) in [5, 5.41) is 9.39. The molecule has 3 rings (SSSR count). The Hall–Kier alpha value is -3.04. The highest BCUT2D eigenvalue weighted by atomic mass is 32.2. The molecule has 146 valence electrons. The van der Waals surface area contributed by atoms with Crippen LogP contribution < -0.4 is 4.72 Å². The number of imide groups is 1. The molecule has 0 unspecified atom stereocenters. The summed E-state index contributed by atoms with van der Waals surface area (Å²) in [6.07, 6.45) is -0.258. The zero-order valence-electron chi connectivity index (χ0n) is 15.0. The summed E-state index contributed by atoms with van der Waals surface area (Å²) >= 11 is 0. The maximum atomic E-state index is 12.4. The Labute approximate surface area is 161 Å². The molecule has 0 aromatic heterocycles. The number of aliphatic carboxylic acids is 1. The molecule has 0 aliphatic carbocycles. The molecular weight excluding hydrogens is 384 g/mol. The van der Waals surface area contributed by atoms with Crippen LogP contribution >= 0.6 is 0 Å². The first-order chi connectivity index (χ1) is 13.2. The summed E-state index contributed by atoms with van der Waals surface area (Å²) in [5.41, 5.74) is 1.36. The third-order valence-electron chi connectivity index (χ3n) is 4.45. The Balaban J connectivity index is 1.73. The second kappa shape index (κ2) is 7.53. The van der Waals surface area contributed by atoms with Gasteiger partial charge in [-0.05, 0) is 37.6 Å². The number of sulfonamides is 1. The van der Waals surface area contributed by atoms with Crippen LogP contribution in [0.2, 0.25) is 0 Å². The molecule has 1 aliphatic rings. The number of amides is 2. The van der Waals surface area contributed by atoms with Crippen LogP contribution in [-0.2, 0) is 14.8 Å². The van der Waals surface area contributed by atoms with Crippen molar-refractivity contribution in [3.63, 3.8) is 0 Å². The number of benzene rings is 2. The predicted molar refractivity (Wildman–Crippen MR) is 99.4 cm³/mol. The predicted octanol–water partition coefficient (Wildman–Crippen LogP) is 1.41. The zero-order valence-corrected chi connectivity index (χ0v) is 15.8. The van der Waals surface area contributed by atoms with E-state index in [0.29, 0.717) is 0 Å². The summed E-state index contributed by atoms with van der Waals surface area (Å²) in [7, 11) is -4.07. The minimum atomic E-state index is -4.07. The monoisotopic (exact) mass is 402 g/mol. The van der Waals surface area contributed by atoms with Gasteiger partial charge in [-0.3, -0.25) is 19.3 Å². The molecule has 0 bridgehead atoms. The van der Waals surface area contributed by atoms with Gasteiger partial charge in [-0.15, -0.1) is 0 Å². The molecule has 1 heterocycles. The van der Waals surface area contributed by atoms with Crippen molar-refractivity contribution in [1.29, 1.82) is 0 Å². The van der Waals surface area contributed by atoms with Gasteiger partial charge in [0.15, 0.2) is 0 Å². The van der Waals surface area contributed by atoms with Crippen molar-refractivity contribution in [2.45, 2.75) is 24.3 Å². The smallest absolute Gasteiger partial charge is 0.321 e. The molecule has 1 atom stereocenters. The average molecular weight is 402 g/mol. The number of rotatable bonds is 7. The van der Waals surface area contributed by atoms with E-state index in [9.17, 15) is 27.9 Å². The topological polar surface area (TPSA) is 121 Å². The first kappa shape index (κ1) is 19.7. The largest absolute Gasteiger partial charge is 0.480 e. The minimum absolute atomic E-state index is 0.0647. The lowest BCUT2D eigenvalue weighted by molar-refractivity contribution is -0.139. The van der Waals surface area contributed by atoms with E-state index in [1.165, 1.54) is 24.3 Å². The van der Waals surface area contributed by atoms with Crippen LogP contribution in [0, 0.1) is 6.92 Å². The Morgan fingerprint density at radius 3 is 2.07 bits per heavy atom. The van der Waals surface area contributed by atoms with Gasteiger partial charge in [0.25, 0.3) is 11.8 Å². The van der Waals surface area contributed by atoms with Gasteiger partial charge >= 0.3 is 5.97 Å². The number of carboxylic acid groups (broad SMARTS) is 1. The van der Waals surface area contributed by atoms with Gasteiger partial charge in [-0.2, -0.15) is 4.72 Å². The van der Waals surface area contributed by atoms with Gasteiger partial charge < -0.3 is 5.11 Å². The van der Waals surface area contributed by atoms with Crippen LogP contribution in [0.25, 0.3) is 0 Å². The summed E-state index contributed by atoms with van der Waals surface area (Å²) < 4.78 is 27.0. The lowest BCUT2D eigenvalue weighted by Gasteiger charge is -2.19. The summed E-state index contributed by atoms with van der Waals surface area (Å²) in [4.78, 5) is 37.1. The molecular formula is C19H18N2O6S. The molecule has 28 heavy (non-hydrogen) atoms. The van der Waals surface area contributed by atoms with Crippen molar-refractivity contribution in [2.24, 2.45) is 0 Å². The Morgan fingerprint density at radius 1 is 1.04 bits per heavy atom. The fourth-order valence-electron chi connectivity index (χ4n) is 2.91. The number of hydrogen-bond donors (Lipinski definition) is 2. The fourth-order valence-corrected chi connectivity index (χ4v) is 4.13. The molecule has 1 aliphatic heterocycles. The van der Waals surface area contributed by atoms with Crippen molar-refractivity contribution in [3.05, 3.63) is 65.2 Å². The molecule has 0 spiro atoms. The molecule has 0 radical (unpaired) electrons. The second-order valence-electron chi connectivity index (χ2n) is 6.42. The summed E-state index contributed by atoms with van der Waals surface area (Å²) in [5.74, 6) is -2.44. The van der Waals surface area contributed by atoms with Crippen molar-refractivity contribution >= 4 is 27.8 Å². The number of nitrogens with one attached hydrogen (secondary N) is 1. The molecule has 0 saturated heterocycles. The molecule has 2 aromatic carbocycles. The first-order valence-corrected chi connectivity index (χ1v) is 9.96. The number of carbonyl (C=O) groups is 3. The number of hydrogen-bond acceptors (Lipinski definition) is 5. The van der Waals surface area contributed by atoms with E-state index >= 15 is 0 Å². The lowest BCUT2D eigenvalue weighted by atomic mass is 10.1. The summed E-state index contributed by atoms with van der Waals surface area (Å²) in [6.45, 7) is 1.58. The maximum absolute atomic E-state index is 12.4. The standard InChI is InChI=1S/C19H18N2O6S/c1-12-6-8-13(9-7-12)28(26,27)20-16(19(24)25)10-11-21-17(22)14-4-2-3-5-15(14)18(21)23/h2-9,16,20H,10-11H2,1H3,(H,24,25)/t16-/m1/s1. The maximum Gasteiger partial charge on any atom is 0.321 e. The fraction of sp³-hybridized carbons (Fsp3) is 0.211. The number of carbonyl (C=O) groups excluding carboxylic acids is 2. The molecule has 9 heteroatoms. The van der Waals surface area contributed by atoms with Crippen molar-refractivity contribution in [1.82, 2.24) is 9.62 Å². The molecule has 2 aromatic rings. The van der Waals surface area contributed by atoms with Crippen LogP contribution in [0.1, 0.15) is 32.7 Å². The minimum Gasteiger partial charge on any atom is -0.480 e. The number of nitrogens with zero attached hydrogens (tertiary/aromatic N) is 1. The Bertz CT molecular complexity index is 1010. The third kappa shape index (κ3) is 3.80. The van der Waals surface area contributed by atoms with Crippen molar-refractivity contribution in [3.8, 4) is 0 Å². The van der Waals surface area contributed by atoms with E-state index in [0.717, 1.165) is 10.5 Å². The van der Waals surface area contributed by atoms with E-state index in [-0.39, 0.29) is 29.0 Å². The molecule has 8 nitrogen and oxygen atoms in total. The van der Waals surface area contributed by atoms with Crippen LogP contribution in [0.15, 0.2) is 53.4 Å². The zero-order chi connectivity index (χ0) is 20.5. The van der Waals surface area contributed by atoms with Crippen LogP contribution in [0.5, 0.6) is 0 Å². The van der Waals surface area contributed by atoms with Gasteiger partial charge in [0, 0.05) is 6.54 Å². The van der Waals surface area contributed by atoms with E-state index in [1.807, 2.05) is 0 Å². The van der Waals surface area contributed by atoms with Crippen LogP contribution in [-0.4, -0.2) is 48.8 Å². The molecule has 0 saturated carbocycles. The second-order valence-corrected chi connectivity index (χ2v) is 8.14. The van der Waals surface area contributed by atoms with E-state index < -0.39 is 33.8 Å². The van der Waals surface area contributed by atoms with Gasteiger partial charge in [0.2, 0.25) is 10.0 Å². The highest BCUT2D eigenvalue weighted by Gasteiger charge is 2.36. The highest BCUT2D eigenvalue weighted by molar-refractivity contribution is 7.89. The van der Waals surface area contributed by atoms with E-state index in [1.54, 1.807) is 31.2 Å². The van der Waals surface area contributed by atoms with Crippen molar-refractivity contribution in [2.75, 3.05) is 6.54 Å². The van der Waals surface area contributed by atoms with Gasteiger partial charge in [0.05, 0.1) is 16.0 Å². The SMILES string of the molecule is Cc1ccc(S(=O)(=O)N[C@H](CCN2C(=O)c3ccccc3C2=O)C(=O)O)cc1. The lowest BCUT2D eigenvalue weighted by Crippen LogP contribution is -2.43. The molecule has 2 N–H and O–H groups in total. The summed E-state index contributed by atoms with van der Waals surface area (Å²) in [6, 6.07) is 10.8. The van der Waals surface area contributed by atoms with Crippen LogP contribution in [0.3, 0.4) is 0 Å². The molecule has 0 fully saturated rings. The van der Waals surface area contributed by atoms with Crippen molar-refractivity contribution < 1.29 is 27.9 Å². The highest BCUT2D eigenvalue weighted by Crippen LogP contribution is 2.23.